The Balaban J connectivity index is 1.29. The fourth-order valence-electron chi connectivity index (χ4n) is 4.47. The van der Waals surface area contributed by atoms with E-state index in [4.69, 9.17) is 0 Å². The van der Waals surface area contributed by atoms with Crippen LogP contribution in [0.2, 0.25) is 0 Å². The first kappa shape index (κ1) is 26.1. The van der Waals surface area contributed by atoms with E-state index < -0.39 is 6.04 Å². The number of carbonyl (C=O) groups is 2. The number of nitrogens with zero attached hydrogens (tertiary/aromatic N) is 2. The van der Waals surface area contributed by atoms with Crippen molar-refractivity contribution < 1.29 is 9.59 Å². The van der Waals surface area contributed by atoms with E-state index >= 15 is 0 Å². The van der Waals surface area contributed by atoms with Crippen molar-refractivity contribution in [1.29, 1.82) is 0 Å². The molecule has 0 saturated carbocycles. The number of halogens is 1. The van der Waals surface area contributed by atoms with Crippen LogP contribution in [-0.4, -0.2) is 22.6 Å². The molecule has 1 aromatic heterocycles. The smallest absolute Gasteiger partial charge is 0.251 e. The number of benzene rings is 4. The van der Waals surface area contributed by atoms with Crippen LogP contribution < -0.4 is 10.7 Å². The fourth-order valence-corrected chi connectivity index (χ4v) is 4.73. The van der Waals surface area contributed by atoms with Gasteiger partial charge in [-0.1, -0.05) is 94.8 Å². The number of fused-ring (bicyclic) bond motifs is 1. The second-order valence-corrected chi connectivity index (χ2v) is 10.1. The lowest BCUT2D eigenvalue weighted by Gasteiger charge is -2.18. The van der Waals surface area contributed by atoms with Crippen LogP contribution in [0.5, 0.6) is 0 Å². The zero-order valence-corrected chi connectivity index (χ0v) is 22.7. The van der Waals surface area contributed by atoms with E-state index in [1.807, 2.05) is 85.1 Å². The second-order valence-electron chi connectivity index (χ2n) is 9.16. The van der Waals surface area contributed by atoms with Gasteiger partial charge < -0.3 is 9.88 Å². The zero-order chi connectivity index (χ0) is 27.0. The molecule has 0 unspecified atom stereocenters. The summed E-state index contributed by atoms with van der Waals surface area (Å²) in [7, 11) is 0. The molecule has 0 aliphatic heterocycles. The zero-order valence-electron chi connectivity index (χ0n) is 21.1. The number of aromatic nitrogens is 1. The van der Waals surface area contributed by atoms with Crippen molar-refractivity contribution >= 4 is 44.9 Å². The number of amides is 2. The summed E-state index contributed by atoms with van der Waals surface area (Å²) in [6.45, 7) is 0.716. The summed E-state index contributed by atoms with van der Waals surface area (Å²) in [6, 6.07) is 34.3. The number of nitrogens with one attached hydrogen (secondary N) is 2. The number of carbonyl (C=O) groups excluding carboxylic acids is 2. The Morgan fingerprint density at radius 2 is 1.51 bits per heavy atom. The highest BCUT2D eigenvalue weighted by molar-refractivity contribution is 9.10. The van der Waals surface area contributed by atoms with Crippen LogP contribution in [0.3, 0.4) is 0 Å². The minimum absolute atomic E-state index is 0.0469. The molecule has 2 amide bonds. The lowest BCUT2D eigenvalue weighted by molar-refractivity contribution is -0.121. The first-order chi connectivity index (χ1) is 19.1. The molecule has 39 heavy (non-hydrogen) atoms. The van der Waals surface area contributed by atoms with Gasteiger partial charge in [0.25, 0.3) is 5.91 Å². The van der Waals surface area contributed by atoms with Gasteiger partial charge in [0.2, 0.25) is 5.91 Å². The molecule has 0 aliphatic rings. The van der Waals surface area contributed by atoms with Crippen LogP contribution in [-0.2, 0) is 11.3 Å². The standard InChI is InChI=1S/C32H27BrN4O2/c33-27-17-15-23(16-18-27)21-37-22-26(28-13-7-8-14-30(28)37)20-34-36-31(38)19-29(24-9-3-1-4-10-24)35-32(39)25-11-5-2-6-12-25/h1-18,20,22,29H,19,21H2,(H,35,39)(H,36,38)/b34-20-/t29-/m1/s1. The molecule has 194 valence electrons. The monoisotopic (exact) mass is 578 g/mol. The van der Waals surface area contributed by atoms with E-state index in [0.717, 1.165) is 26.5 Å². The highest BCUT2D eigenvalue weighted by atomic mass is 79.9. The summed E-state index contributed by atoms with van der Waals surface area (Å²) in [5.74, 6) is -0.536. The minimum atomic E-state index is -0.498. The van der Waals surface area contributed by atoms with Gasteiger partial charge in [-0.25, -0.2) is 5.43 Å². The third kappa shape index (κ3) is 6.69. The Hall–Kier alpha value is -4.49. The molecule has 0 aliphatic carbocycles. The Kier molecular flexibility index (Phi) is 8.29. The molecule has 6 nitrogen and oxygen atoms in total. The van der Waals surface area contributed by atoms with E-state index in [9.17, 15) is 9.59 Å². The van der Waals surface area contributed by atoms with Crippen LogP contribution >= 0.6 is 15.9 Å². The van der Waals surface area contributed by atoms with Crippen LogP contribution in [0.25, 0.3) is 10.9 Å². The Bertz CT molecular complexity index is 1600. The highest BCUT2D eigenvalue weighted by Crippen LogP contribution is 2.22. The lowest BCUT2D eigenvalue weighted by Crippen LogP contribution is -2.32. The summed E-state index contributed by atoms with van der Waals surface area (Å²) in [5, 5.41) is 8.28. The van der Waals surface area contributed by atoms with Crippen molar-refractivity contribution in [3.8, 4) is 0 Å². The topological polar surface area (TPSA) is 75.5 Å². The van der Waals surface area contributed by atoms with E-state index in [0.29, 0.717) is 12.1 Å². The van der Waals surface area contributed by atoms with E-state index in [1.165, 1.54) is 5.56 Å². The normalized spacial score (nSPS) is 11.9. The number of hydrogen-bond acceptors (Lipinski definition) is 3. The Morgan fingerprint density at radius 1 is 0.846 bits per heavy atom. The van der Waals surface area contributed by atoms with Gasteiger partial charge in [0.15, 0.2) is 0 Å². The Labute approximate surface area is 235 Å². The molecule has 0 bridgehead atoms. The molecule has 0 fully saturated rings. The molecular formula is C32H27BrN4O2. The highest BCUT2D eigenvalue weighted by Gasteiger charge is 2.19. The predicted octanol–water partition coefficient (Wildman–Crippen LogP) is 6.46. The average Bonchev–Trinajstić information content (AvgIpc) is 3.32. The Morgan fingerprint density at radius 3 is 2.26 bits per heavy atom. The van der Waals surface area contributed by atoms with Gasteiger partial charge in [0.1, 0.15) is 0 Å². The van der Waals surface area contributed by atoms with Crippen molar-refractivity contribution in [1.82, 2.24) is 15.3 Å². The molecule has 7 heteroatoms. The molecular weight excluding hydrogens is 552 g/mol. The van der Waals surface area contributed by atoms with E-state index in [-0.39, 0.29) is 18.2 Å². The number of hydrogen-bond donors (Lipinski definition) is 2. The molecule has 5 aromatic rings. The van der Waals surface area contributed by atoms with Crippen LogP contribution in [0.15, 0.2) is 125 Å². The first-order valence-corrected chi connectivity index (χ1v) is 13.4. The van der Waals surface area contributed by atoms with E-state index in [1.54, 1.807) is 18.3 Å². The van der Waals surface area contributed by atoms with Gasteiger partial charge in [0, 0.05) is 39.2 Å². The molecule has 0 radical (unpaired) electrons. The van der Waals surface area contributed by atoms with Crippen molar-refractivity contribution in [2.45, 2.75) is 19.0 Å². The van der Waals surface area contributed by atoms with Gasteiger partial charge >= 0.3 is 0 Å². The molecule has 1 heterocycles. The SMILES string of the molecule is O=C(C[C@@H](NC(=O)c1ccccc1)c1ccccc1)N/N=C\c1cn(Cc2ccc(Br)cc2)c2ccccc12. The van der Waals surface area contributed by atoms with Gasteiger partial charge in [-0.15, -0.1) is 0 Å². The maximum Gasteiger partial charge on any atom is 0.251 e. The van der Waals surface area contributed by atoms with Gasteiger partial charge in [-0.2, -0.15) is 5.10 Å². The second kappa shape index (κ2) is 12.4. The predicted molar refractivity (Wildman–Crippen MR) is 159 cm³/mol. The fraction of sp³-hybridized carbons (Fsp3) is 0.0938. The lowest BCUT2D eigenvalue weighted by atomic mass is 10.0. The summed E-state index contributed by atoms with van der Waals surface area (Å²) in [6.07, 6.45) is 3.75. The van der Waals surface area contributed by atoms with Crippen LogP contribution in [0.1, 0.15) is 39.5 Å². The summed E-state index contributed by atoms with van der Waals surface area (Å²) >= 11 is 3.49. The molecule has 0 saturated heterocycles. The van der Waals surface area contributed by atoms with Crippen LogP contribution in [0, 0.1) is 0 Å². The summed E-state index contributed by atoms with van der Waals surface area (Å²) in [5.41, 5.74) is 7.19. The number of para-hydroxylation sites is 1. The van der Waals surface area contributed by atoms with Crippen molar-refractivity contribution in [2.75, 3.05) is 0 Å². The molecule has 5 rings (SSSR count). The molecule has 2 N–H and O–H groups in total. The van der Waals surface area contributed by atoms with Gasteiger partial charge in [0.05, 0.1) is 18.7 Å². The quantitative estimate of drug-likeness (QED) is 0.155. The molecule has 0 spiro atoms. The largest absolute Gasteiger partial charge is 0.345 e. The van der Waals surface area contributed by atoms with Gasteiger partial charge in [-0.05, 0) is 41.5 Å². The summed E-state index contributed by atoms with van der Waals surface area (Å²) < 4.78 is 3.22. The number of hydrazone groups is 1. The maximum atomic E-state index is 12.9. The maximum absolute atomic E-state index is 12.9. The third-order valence-corrected chi connectivity index (χ3v) is 6.94. The average molecular weight is 579 g/mol. The number of rotatable bonds is 9. The minimum Gasteiger partial charge on any atom is -0.345 e. The molecule has 4 aromatic carbocycles. The summed E-state index contributed by atoms with van der Waals surface area (Å²) in [4.78, 5) is 25.7. The van der Waals surface area contributed by atoms with Crippen LogP contribution in [0.4, 0.5) is 0 Å². The van der Waals surface area contributed by atoms with Crippen molar-refractivity contribution in [3.63, 3.8) is 0 Å². The van der Waals surface area contributed by atoms with Crippen molar-refractivity contribution in [3.05, 3.63) is 142 Å². The van der Waals surface area contributed by atoms with Crippen molar-refractivity contribution in [2.24, 2.45) is 5.10 Å². The first-order valence-electron chi connectivity index (χ1n) is 12.6. The third-order valence-electron chi connectivity index (χ3n) is 6.41. The van der Waals surface area contributed by atoms with Gasteiger partial charge in [-0.3, -0.25) is 9.59 Å². The van der Waals surface area contributed by atoms with E-state index in [2.05, 4.69) is 54.5 Å². The molecule has 1 atom stereocenters.